The lowest BCUT2D eigenvalue weighted by Crippen LogP contribution is -2.46. The van der Waals surface area contributed by atoms with Gasteiger partial charge in [-0.3, -0.25) is 30.0 Å². The maximum atomic E-state index is 13.2. The summed E-state index contributed by atoms with van der Waals surface area (Å²) in [6, 6.07) is 17.5. The van der Waals surface area contributed by atoms with E-state index < -0.39 is 0 Å². The Kier molecular flexibility index (Phi) is 9.56. The number of carbonyl (C=O) groups is 2. The van der Waals surface area contributed by atoms with Gasteiger partial charge in [0.1, 0.15) is 0 Å². The number of rotatable bonds is 13. The number of para-hydroxylation sites is 1. The molecule has 1 fully saturated rings. The number of amides is 2. The molecule has 2 aromatic carbocycles. The summed E-state index contributed by atoms with van der Waals surface area (Å²) >= 11 is 0. The molecular weight excluding hydrogens is 518 g/mol. The molecule has 0 saturated carbocycles. The Balaban J connectivity index is 1.17. The number of methoxy groups -OCH3 is 1. The quantitative estimate of drug-likeness (QED) is 0.205. The van der Waals surface area contributed by atoms with Gasteiger partial charge in [-0.05, 0) is 61.9 Å². The fourth-order valence-electron chi connectivity index (χ4n) is 5.18. The average Bonchev–Trinajstić information content (AvgIpc) is 3.76. The fraction of sp³-hybridized carbons (Fsp3) is 0.355. The second-order valence-electron chi connectivity index (χ2n) is 10.3. The second kappa shape index (κ2) is 13.9. The van der Waals surface area contributed by atoms with E-state index in [-0.39, 0.29) is 17.9 Å². The molecule has 10 heteroatoms. The van der Waals surface area contributed by atoms with E-state index in [1.54, 1.807) is 25.6 Å². The minimum atomic E-state index is -0.235. The van der Waals surface area contributed by atoms with Crippen LogP contribution in [-0.4, -0.2) is 62.9 Å². The van der Waals surface area contributed by atoms with Crippen molar-refractivity contribution in [1.29, 1.82) is 0 Å². The molecule has 4 aromatic rings. The Morgan fingerprint density at radius 3 is 2.76 bits per heavy atom. The lowest BCUT2D eigenvalue weighted by atomic mass is 10.1. The maximum Gasteiger partial charge on any atom is 0.258 e. The predicted molar refractivity (Wildman–Crippen MR) is 157 cm³/mol. The van der Waals surface area contributed by atoms with E-state index in [1.807, 2.05) is 64.3 Å². The molecule has 0 bridgehead atoms. The van der Waals surface area contributed by atoms with Crippen molar-refractivity contribution in [3.63, 3.8) is 0 Å². The lowest BCUT2D eigenvalue weighted by molar-refractivity contribution is -0.126. The van der Waals surface area contributed by atoms with E-state index in [4.69, 9.17) is 9.72 Å². The van der Waals surface area contributed by atoms with Gasteiger partial charge in [-0.2, -0.15) is 5.10 Å². The SMILES string of the molecule is COCC1CCCN1NC(=O)CCCCCc1cn(-c2ccccc2)c(NC(=O)c2cccc(-c3cn[nH]c3)c2)n1. The Morgan fingerprint density at radius 2 is 1.95 bits per heavy atom. The number of imidazole rings is 1. The molecule has 1 saturated heterocycles. The van der Waals surface area contributed by atoms with Crippen LogP contribution in [0, 0.1) is 0 Å². The summed E-state index contributed by atoms with van der Waals surface area (Å²) in [5, 5.41) is 11.8. The van der Waals surface area contributed by atoms with Gasteiger partial charge >= 0.3 is 0 Å². The topological polar surface area (TPSA) is 117 Å². The van der Waals surface area contributed by atoms with Crippen molar-refractivity contribution in [3.05, 3.63) is 84.4 Å². The van der Waals surface area contributed by atoms with Crippen LogP contribution in [0.1, 0.15) is 54.6 Å². The van der Waals surface area contributed by atoms with Crippen molar-refractivity contribution in [2.45, 2.75) is 51.0 Å². The van der Waals surface area contributed by atoms with Crippen LogP contribution in [0.3, 0.4) is 0 Å². The first-order chi connectivity index (χ1) is 20.1. The van der Waals surface area contributed by atoms with Crippen molar-refractivity contribution in [2.24, 2.45) is 0 Å². The average molecular weight is 556 g/mol. The van der Waals surface area contributed by atoms with E-state index in [0.29, 0.717) is 24.5 Å². The van der Waals surface area contributed by atoms with Crippen molar-refractivity contribution >= 4 is 17.8 Å². The molecule has 1 unspecified atom stereocenters. The van der Waals surface area contributed by atoms with Crippen molar-refractivity contribution in [3.8, 4) is 16.8 Å². The summed E-state index contributed by atoms with van der Waals surface area (Å²) in [5.74, 6) is 0.296. The van der Waals surface area contributed by atoms with E-state index >= 15 is 0 Å². The lowest BCUT2D eigenvalue weighted by Gasteiger charge is -2.24. The number of ether oxygens (including phenoxy) is 1. The summed E-state index contributed by atoms with van der Waals surface area (Å²) in [4.78, 5) is 30.4. The van der Waals surface area contributed by atoms with E-state index in [2.05, 4.69) is 20.9 Å². The highest BCUT2D eigenvalue weighted by Gasteiger charge is 2.25. The van der Waals surface area contributed by atoms with Crippen LogP contribution in [0.15, 0.2) is 73.2 Å². The number of hydrogen-bond donors (Lipinski definition) is 3. The van der Waals surface area contributed by atoms with Gasteiger partial charge in [0, 0.05) is 49.3 Å². The molecular formula is C31H37N7O3. The third-order valence-electron chi connectivity index (χ3n) is 7.31. The normalized spacial score (nSPS) is 15.2. The molecule has 1 aliphatic rings. The highest BCUT2D eigenvalue weighted by Crippen LogP contribution is 2.22. The van der Waals surface area contributed by atoms with Crippen LogP contribution in [0.4, 0.5) is 5.95 Å². The zero-order valence-corrected chi connectivity index (χ0v) is 23.4. The maximum absolute atomic E-state index is 13.2. The molecule has 2 amide bonds. The van der Waals surface area contributed by atoms with Crippen molar-refractivity contribution in [2.75, 3.05) is 25.6 Å². The zero-order valence-electron chi connectivity index (χ0n) is 23.4. The molecule has 0 spiro atoms. The Labute approximate surface area is 240 Å². The van der Waals surface area contributed by atoms with Crippen molar-refractivity contribution in [1.82, 2.24) is 30.2 Å². The van der Waals surface area contributed by atoms with Gasteiger partial charge in [0.15, 0.2) is 0 Å². The summed E-state index contributed by atoms with van der Waals surface area (Å²) in [6.07, 6.45) is 11.5. The van der Waals surface area contributed by atoms with Gasteiger partial charge in [0.05, 0.1) is 24.5 Å². The predicted octanol–water partition coefficient (Wildman–Crippen LogP) is 4.76. The number of nitrogens with zero attached hydrogens (tertiary/aromatic N) is 4. The van der Waals surface area contributed by atoms with Crippen LogP contribution < -0.4 is 10.7 Å². The Hall–Kier alpha value is -4.28. The van der Waals surface area contributed by atoms with Crippen LogP contribution in [-0.2, 0) is 16.0 Å². The molecule has 1 atom stereocenters. The molecule has 5 rings (SSSR count). The summed E-state index contributed by atoms with van der Waals surface area (Å²) in [5.41, 5.74) is 7.21. The van der Waals surface area contributed by atoms with Gasteiger partial charge in [0.2, 0.25) is 11.9 Å². The highest BCUT2D eigenvalue weighted by atomic mass is 16.5. The summed E-state index contributed by atoms with van der Waals surface area (Å²) in [6.45, 7) is 1.51. The van der Waals surface area contributed by atoms with Crippen molar-refractivity contribution < 1.29 is 14.3 Å². The minimum absolute atomic E-state index is 0.0585. The van der Waals surface area contributed by atoms with Gasteiger partial charge in [0.25, 0.3) is 5.91 Å². The smallest absolute Gasteiger partial charge is 0.258 e. The van der Waals surface area contributed by atoms with Crippen LogP contribution in [0.5, 0.6) is 0 Å². The number of unbranched alkanes of at least 4 members (excludes halogenated alkanes) is 2. The van der Waals surface area contributed by atoms with Gasteiger partial charge in [-0.25, -0.2) is 9.99 Å². The number of aromatic amines is 1. The molecule has 0 radical (unpaired) electrons. The first kappa shape index (κ1) is 28.3. The van der Waals surface area contributed by atoms with Gasteiger partial charge < -0.3 is 4.74 Å². The number of carbonyl (C=O) groups excluding carboxylic acids is 2. The molecule has 2 aromatic heterocycles. The third kappa shape index (κ3) is 7.47. The van der Waals surface area contributed by atoms with E-state index in [9.17, 15) is 9.59 Å². The largest absolute Gasteiger partial charge is 0.383 e. The number of aromatic nitrogens is 4. The zero-order chi connectivity index (χ0) is 28.4. The molecule has 3 heterocycles. The standard InChI is InChI=1S/C31H37N7O3/c1-41-22-28-15-9-17-38(28)36-29(39)16-7-2-4-12-26-21-37(27-13-5-3-6-14-27)31(34-26)35-30(40)24-11-8-10-23(18-24)25-19-32-33-20-25/h3,5-6,8,10-11,13-14,18-21,28H,2,4,7,9,12,15-17,22H2,1H3,(H,32,33)(H,36,39)(H,34,35,40). The highest BCUT2D eigenvalue weighted by molar-refractivity contribution is 6.04. The molecule has 41 heavy (non-hydrogen) atoms. The number of hydrogen-bond acceptors (Lipinski definition) is 6. The number of H-pyrrole nitrogens is 1. The molecule has 1 aliphatic heterocycles. The minimum Gasteiger partial charge on any atom is -0.383 e. The fourth-order valence-corrected chi connectivity index (χ4v) is 5.18. The van der Waals surface area contributed by atoms with Crippen LogP contribution >= 0.6 is 0 Å². The number of hydrazine groups is 1. The third-order valence-corrected chi connectivity index (χ3v) is 7.31. The number of nitrogens with one attached hydrogen (secondary N) is 3. The molecule has 10 nitrogen and oxygen atoms in total. The van der Waals surface area contributed by atoms with Crippen LogP contribution in [0.2, 0.25) is 0 Å². The Morgan fingerprint density at radius 1 is 1.07 bits per heavy atom. The van der Waals surface area contributed by atoms with Crippen LogP contribution in [0.25, 0.3) is 16.8 Å². The number of aryl methyl sites for hydroxylation is 1. The second-order valence-corrected chi connectivity index (χ2v) is 10.3. The van der Waals surface area contributed by atoms with E-state index in [0.717, 1.165) is 67.6 Å². The summed E-state index contributed by atoms with van der Waals surface area (Å²) < 4.78 is 7.18. The number of anilines is 1. The first-order valence-corrected chi connectivity index (χ1v) is 14.2. The van der Waals surface area contributed by atoms with Gasteiger partial charge in [-0.15, -0.1) is 0 Å². The molecule has 214 valence electrons. The molecule has 0 aliphatic carbocycles. The summed E-state index contributed by atoms with van der Waals surface area (Å²) in [7, 11) is 1.69. The Bertz CT molecular complexity index is 1420. The first-order valence-electron chi connectivity index (χ1n) is 14.2. The van der Waals surface area contributed by atoms with Gasteiger partial charge in [-0.1, -0.05) is 36.8 Å². The molecule has 3 N–H and O–H groups in total. The van der Waals surface area contributed by atoms with E-state index in [1.165, 1.54) is 0 Å². The number of benzene rings is 2. The monoisotopic (exact) mass is 555 g/mol.